The Balaban J connectivity index is 1.46. The predicted molar refractivity (Wildman–Crippen MR) is 153 cm³/mol. The normalized spacial score (nSPS) is 11.6. The van der Waals surface area contributed by atoms with E-state index in [9.17, 15) is 0 Å². The smallest absolute Gasteiger partial charge is 0.153 e. The minimum atomic E-state index is 0.788. The predicted octanol–water partition coefficient (Wildman–Crippen LogP) is 9.11. The number of aromatic nitrogens is 1. The van der Waals surface area contributed by atoms with Crippen LogP contribution in [-0.2, 0) is 0 Å². The molecule has 37 heavy (non-hydrogen) atoms. The lowest BCUT2D eigenvalue weighted by atomic mass is 9.89. The van der Waals surface area contributed by atoms with Crippen LogP contribution in [0.5, 0.6) is 11.5 Å². The molecule has 0 aliphatic carbocycles. The second kappa shape index (κ2) is 8.65. The van der Waals surface area contributed by atoms with Crippen LogP contribution in [0.3, 0.4) is 0 Å². The molecular formula is C34H24N2O. The van der Waals surface area contributed by atoms with Crippen LogP contribution in [0.2, 0.25) is 0 Å². The van der Waals surface area contributed by atoms with Crippen LogP contribution in [0.25, 0.3) is 44.3 Å². The maximum Gasteiger partial charge on any atom is 0.153 e. The fourth-order valence-electron chi connectivity index (χ4n) is 5.32. The fourth-order valence-corrected chi connectivity index (χ4v) is 5.32. The average molecular weight is 477 g/mol. The molecule has 2 heterocycles. The summed E-state index contributed by atoms with van der Waals surface area (Å²) < 4.78 is 6.30. The van der Waals surface area contributed by atoms with Gasteiger partial charge in [0.2, 0.25) is 0 Å². The summed E-state index contributed by atoms with van der Waals surface area (Å²) in [6.45, 7) is 0. The molecule has 0 spiro atoms. The van der Waals surface area contributed by atoms with Crippen molar-refractivity contribution in [2.75, 3.05) is 11.9 Å². The molecule has 3 nitrogen and oxygen atoms in total. The van der Waals surface area contributed by atoms with Crippen LogP contribution in [0.15, 0.2) is 128 Å². The number of ether oxygens (including phenoxy) is 1. The monoisotopic (exact) mass is 476 g/mol. The number of pyridine rings is 1. The Bertz CT molecular complexity index is 1740. The molecule has 0 saturated heterocycles. The van der Waals surface area contributed by atoms with Crippen LogP contribution in [-0.4, -0.2) is 12.0 Å². The van der Waals surface area contributed by atoms with Gasteiger partial charge in [-0.1, -0.05) is 84.9 Å². The number of fused-ring (bicyclic) bond motifs is 2. The third-order valence-corrected chi connectivity index (χ3v) is 7.13. The van der Waals surface area contributed by atoms with Crippen molar-refractivity contribution < 1.29 is 4.74 Å². The Morgan fingerprint density at radius 3 is 2.05 bits per heavy atom. The molecule has 0 amide bonds. The second-order valence-electron chi connectivity index (χ2n) is 9.29. The molecule has 0 fully saturated rings. The third-order valence-electron chi connectivity index (χ3n) is 7.13. The Kier molecular flexibility index (Phi) is 5.00. The molecule has 0 unspecified atom stereocenters. The van der Waals surface area contributed by atoms with Gasteiger partial charge in [0.15, 0.2) is 5.75 Å². The SMILES string of the molecule is CN(c1ccc(-c2ccccc2)cc1)c1cc2c3c(cccc3c1-c1ccccc1)Oc1cccnc1-2. The van der Waals surface area contributed by atoms with Crippen molar-refractivity contribution in [3.8, 4) is 45.0 Å². The van der Waals surface area contributed by atoms with Crippen molar-refractivity contribution >= 4 is 22.1 Å². The van der Waals surface area contributed by atoms with Gasteiger partial charge < -0.3 is 9.64 Å². The zero-order valence-electron chi connectivity index (χ0n) is 20.4. The zero-order valence-corrected chi connectivity index (χ0v) is 20.4. The van der Waals surface area contributed by atoms with E-state index in [0.717, 1.165) is 44.9 Å². The standard InChI is InChI=1S/C34H24N2O/c1-36(26-19-17-24(18-20-26)23-10-4-2-5-11-23)29-22-28-33-27(32(29)25-12-6-3-7-13-25)14-8-15-30(33)37-31-16-9-21-35-34(28)31/h2-22H,1H3. The topological polar surface area (TPSA) is 25.4 Å². The van der Waals surface area contributed by atoms with E-state index < -0.39 is 0 Å². The number of hydrogen-bond acceptors (Lipinski definition) is 3. The van der Waals surface area contributed by atoms with E-state index in [-0.39, 0.29) is 0 Å². The van der Waals surface area contributed by atoms with E-state index in [2.05, 4.69) is 109 Å². The molecular weight excluding hydrogens is 452 g/mol. The van der Waals surface area contributed by atoms with Gasteiger partial charge in [-0.15, -0.1) is 0 Å². The van der Waals surface area contributed by atoms with Gasteiger partial charge in [-0.2, -0.15) is 0 Å². The van der Waals surface area contributed by atoms with Gasteiger partial charge in [0.1, 0.15) is 11.4 Å². The highest BCUT2D eigenvalue weighted by Gasteiger charge is 2.26. The number of hydrogen-bond donors (Lipinski definition) is 0. The number of benzene rings is 5. The molecule has 0 bridgehead atoms. The van der Waals surface area contributed by atoms with Crippen LogP contribution < -0.4 is 9.64 Å². The molecule has 0 atom stereocenters. The number of rotatable bonds is 4. The first-order chi connectivity index (χ1) is 18.3. The minimum absolute atomic E-state index is 0.788. The largest absolute Gasteiger partial charge is 0.454 e. The molecule has 5 aromatic carbocycles. The summed E-state index contributed by atoms with van der Waals surface area (Å²) in [6.07, 6.45) is 1.83. The summed E-state index contributed by atoms with van der Waals surface area (Å²) in [5.74, 6) is 1.65. The van der Waals surface area contributed by atoms with E-state index in [1.54, 1.807) is 0 Å². The highest BCUT2D eigenvalue weighted by atomic mass is 16.5. The Morgan fingerprint density at radius 1 is 0.622 bits per heavy atom. The summed E-state index contributed by atoms with van der Waals surface area (Å²) in [5, 5.41) is 2.25. The molecule has 0 radical (unpaired) electrons. The molecule has 3 heteroatoms. The van der Waals surface area contributed by atoms with E-state index in [4.69, 9.17) is 9.72 Å². The molecule has 1 aliphatic rings. The van der Waals surface area contributed by atoms with E-state index in [1.165, 1.54) is 22.3 Å². The highest BCUT2D eigenvalue weighted by Crippen LogP contribution is 2.51. The van der Waals surface area contributed by atoms with Crippen LogP contribution in [0, 0.1) is 0 Å². The molecule has 7 rings (SSSR count). The number of anilines is 2. The van der Waals surface area contributed by atoms with Crippen molar-refractivity contribution in [1.82, 2.24) is 4.98 Å². The van der Waals surface area contributed by atoms with Crippen LogP contribution in [0.1, 0.15) is 0 Å². The lowest BCUT2D eigenvalue weighted by Gasteiger charge is -2.28. The highest BCUT2D eigenvalue weighted by molar-refractivity contribution is 6.14. The summed E-state index contributed by atoms with van der Waals surface area (Å²) in [4.78, 5) is 7.00. The summed E-state index contributed by atoms with van der Waals surface area (Å²) in [5.41, 5.74) is 8.97. The number of nitrogens with zero attached hydrogens (tertiary/aromatic N) is 2. The van der Waals surface area contributed by atoms with Gasteiger partial charge in [-0.25, -0.2) is 0 Å². The first-order valence-corrected chi connectivity index (χ1v) is 12.5. The third kappa shape index (κ3) is 3.56. The van der Waals surface area contributed by atoms with Crippen molar-refractivity contribution in [2.24, 2.45) is 0 Å². The van der Waals surface area contributed by atoms with Gasteiger partial charge in [0, 0.05) is 35.4 Å². The lowest BCUT2D eigenvalue weighted by molar-refractivity contribution is 0.484. The lowest BCUT2D eigenvalue weighted by Crippen LogP contribution is -2.12. The fraction of sp³-hybridized carbons (Fsp3) is 0.0294. The maximum atomic E-state index is 6.30. The molecule has 1 aliphatic heterocycles. The zero-order chi connectivity index (χ0) is 24.8. The second-order valence-corrected chi connectivity index (χ2v) is 9.29. The van der Waals surface area contributed by atoms with Gasteiger partial charge in [0.25, 0.3) is 0 Å². The summed E-state index contributed by atoms with van der Waals surface area (Å²) >= 11 is 0. The molecule has 176 valence electrons. The van der Waals surface area contributed by atoms with E-state index >= 15 is 0 Å². The van der Waals surface area contributed by atoms with Gasteiger partial charge in [0.05, 0.1) is 5.69 Å². The summed E-state index contributed by atoms with van der Waals surface area (Å²) in [6, 6.07) is 42.3. The van der Waals surface area contributed by atoms with Crippen LogP contribution in [0.4, 0.5) is 11.4 Å². The average Bonchev–Trinajstić information content (AvgIpc) is 2.97. The van der Waals surface area contributed by atoms with Gasteiger partial charge in [-0.3, -0.25) is 4.98 Å². The molecule has 6 aromatic rings. The Hall–Kier alpha value is -4.89. The first kappa shape index (κ1) is 21.4. The molecule has 0 N–H and O–H groups in total. The van der Waals surface area contributed by atoms with E-state index in [1.807, 2.05) is 30.5 Å². The Morgan fingerprint density at radius 2 is 1.30 bits per heavy atom. The van der Waals surface area contributed by atoms with Crippen molar-refractivity contribution in [3.05, 3.63) is 128 Å². The van der Waals surface area contributed by atoms with Gasteiger partial charge in [-0.05, 0) is 58.5 Å². The molecule has 0 saturated carbocycles. The first-order valence-electron chi connectivity index (χ1n) is 12.5. The molecule has 1 aromatic heterocycles. The Labute approximate surface area is 216 Å². The van der Waals surface area contributed by atoms with E-state index in [0.29, 0.717) is 0 Å². The van der Waals surface area contributed by atoms with Crippen molar-refractivity contribution in [3.63, 3.8) is 0 Å². The summed E-state index contributed by atoms with van der Waals surface area (Å²) in [7, 11) is 2.14. The van der Waals surface area contributed by atoms with Crippen molar-refractivity contribution in [2.45, 2.75) is 0 Å². The maximum absolute atomic E-state index is 6.30. The van der Waals surface area contributed by atoms with Gasteiger partial charge >= 0.3 is 0 Å². The van der Waals surface area contributed by atoms with Crippen LogP contribution >= 0.6 is 0 Å². The minimum Gasteiger partial charge on any atom is -0.454 e. The quantitative estimate of drug-likeness (QED) is 0.253. The van der Waals surface area contributed by atoms with Crippen molar-refractivity contribution in [1.29, 1.82) is 0 Å².